The molecule has 1 N–H and O–H groups in total. The third kappa shape index (κ3) is 13.3. The van der Waals surface area contributed by atoms with Gasteiger partial charge in [-0.25, -0.2) is 41.7 Å². The van der Waals surface area contributed by atoms with E-state index in [0.29, 0.717) is 84.9 Å². The minimum Gasteiger partial charge on any atom is -0.395 e. The Hall–Kier alpha value is -8.83. The molecule has 0 amide bonds. The number of aromatic nitrogens is 15. The zero-order chi connectivity index (χ0) is 64.6. The molecule has 9 aromatic heterocycles. The first kappa shape index (κ1) is 63.0. The van der Waals surface area contributed by atoms with Crippen molar-refractivity contribution in [2.24, 2.45) is 0 Å². The Morgan fingerprint density at radius 3 is 1.05 bits per heavy atom. The SMILES string of the molecule is CCc1cc(-c2cc(F)c3cc(C4CCN(C)CC4)nnc3c2)nn2cc(C)nc12.CCc1cc(-c2cc(F)c3cc(C4CCN(CC)CC4)nnc3c2)nn2cc(C)nc12.CCc1cc(-c2cc(F)c3cc(C4CCN(CCO)CC4)nnc3c2)nn2cc(C)nc12. The van der Waals surface area contributed by atoms with Crippen LogP contribution in [0.1, 0.15) is 135 Å². The third-order valence-corrected chi connectivity index (χ3v) is 18.9. The van der Waals surface area contributed by atoms with Gasteiger partial charge in [0.1, 0.15) is 17.5 Å². The molecule has 3 fully saturated rings. The normalized spacial score (nSPS) is 15.9. The zero-order valence-corrected chi connectivity index (χ0v) is 54.3. The van der Waals surface area contributed by atoms with E-state index in [1.165, 1.54) is 6.07 Å². The van der Waals surface area contributed by atoms with E-state index in [2.05, 4.69) is 110 Å². The molecule has 15 rings (SSSR count). The third-order valence-electron chi connectivity index (χ3n) is 18.9. The highest BCUT2D eigenvalue weighted by Crippen LogP contribution is 2.35. The molecule has 0 unspecified atom stereocenters. The fraction of sp³-hybridized carbons (Fsp3) is 0.408. The van der Waals surface area contributed by atoms with Gasteiger partial charge in [0.15, 0.2) is 16.9 Å². The van der Waals surface area contributed by atoms with Crippen molar-refractivity contribution in [3.8, 4) is 33.8 Å². The van der Waals surface area contributed by atoms with Gasteiger partial charge in [-0.2, -0.15) is 45.9 Å². The van der Waals surface area contributed by atoms with Crippen molar-refractivity contribution in [2.75, 3.05) is 66.0 Å². The van der Waals surface area contributed by atoms with Gasteiger partial charge in [0, 0.05) is 57.1 Å². The number of aryl methyl sites for hydroxylation is 6. The number of hydrogen-bond acceptors (Lipinski definition) is 16. The summed E-state index contributed by atoms with van der Waals surface area (Å²) in [7, 11) is 2.13. The lowest BCUT2D eigenvalue weighted by Crippen LogP contribution is -2.35. The first-order chi connectivity index (χ1) is 45.1. The van der Waals surface area contributed by atoms with Crippen LogP contribution in [-0.4, -0.2) is 160 Å². The molecule has 0 bridgehead atoms. The number of halogens is 3. The van der Waals surface area contributed by atoms with Crippen LogP contribution < -0.4 is 0 Å². The molecule has 3 aliphatic heterocycles. The molecule has 19 nitrogen and oxygen atoms in total. The van der Waals surface area contributed by atoms with Crippen molar-refractivity contribution >= 4 is 49.7 Å². The summed E-state index contributed by atoms with van der Waals surface area (Å²) in [6, 6.07) is 21.8. The Bertz CT molecular complexity index is 4710. The van der Waals surface area contributed by atoms with Gasteiger partial charge in [-0.1, -0.05) is 27.7 Å². The van der Waals surface area contributed by atoms with Crippen LogP contribution in [0, 0.1) is 38.2 Å². The molecule has 0 radical (unpaired) electrons. The molecular weight excluding hydrogens is 1180 g/mol. The molecule has 3 saturated heterocycles. The van der Waals surface area contributed by atoms with E-state index in [4.69, 9.17) is 5.11 Å². The number of likely N-dealkylation sites (tertiary alicyclic amines) is 3. The number of imidazole rings is 3. The van der Waals surface area contributed by atoms with Crippen molar-refractivity contribution in [3.05, 3.63) is 160 Å². The highest BCUT2D eigenvalue weighted by atomic mass is 19.1. The topological polar surface area (TPSA) is 198 Å². The zero-order valence-electron chi connectivity index (χ0n) is 54.3. The van der Waals surface area contributed by atoms with Crippen LogP contribution in [0.25, 0.3) is 83.4 Å². The summed E-state index contributed by atoms with van der Waals surface area (Å²) in [6.45, 7) is 22.2. The maximum atomic E-state index is 15.2. The van der Waals surface area contributed by atoms with Crippen LogP contribution >= 0.6 is 0 Å². The Labute approximate surface area is 538 Å². The summed E-state index contributed by atoms with van der Waals surface area (Å²) in [6.07, 6.45) is 14.2. The van der Waals surface area contributed by atoms with E-state index < -0.39 is 0 Å². The number of aliphatic hydroxyl groups excluding tert-OH is 1. The standard InChI is InChI=1S/C24H27FN6O.C24H27FN6.C23H25FN6/c1-3-16-11-22(29-31-14-15(2)26-24(16)31)18-10-20(25)19-13-21(27-28-23(19)12-18)17-4-6-30(7-5-17)8-9-32;1-4-16-11-22(29-31-14-15(3)26-24(16)31)18-10-20(25)19-13-21(27-28-23(19)12-18)17-6-8-30(5-2)9-7-17;1-4-15-10-21(28-30-13-14(2)25-23(15)30)17-9-19(24)18-12-20(26-27-22(18)11-17)16-5-7-29(3)8-6-16/h10-14,17,32H,3-9H2,1-2H3;10-14,17H,4-9H2,1-3H3;9-13,16H,4-8H2,1-3H3. The second kappa shape index (κ2) is 27.0. The van der Waals surface area contributed by atoms with E-state index in [0.717, 1.165) is 171 Å². The molecule has 12 heterocycles. The molecule has 22 heteroatoms. The Balaban J connectivity index is 0.000000127. The van der Waals surface area contributed by atoms with E-state index in [1.54, 1.807) is 25.7 Å². The van der Waals surface area contributed by atoms with Gasteiger partial charge in [0.2, 0.25) is 0 Å². The van der Waals surface area contributed by atoms with E-state index in [1.807, 2.05) is 94.0 Å². The number of benzene rings is 3. The summed E-state index contributed by atoms with van der Waals surface area (Å²) < 4.78 is 50.8. The molecule has 93 heavy (non-hydrogen) atoms. The van der Waals surface area contributed by atoms with E-state index in [-0.39, 0.29) is 30.0 Å². The van der Waals surface area contributed by atoms with Crippen LogP contribution in [0.2, 0.25) is 0 Å². The average Bonchev–Trinajstić information content (AvgIpc) is 1.90. The minimum atomic E-state index is -0.312. The highest BCUT2D eigenvalue weighted by Gasteiger charge is 2.26. The van der Waals surface area contributed by atoms with Crippen LogP contribution in [0.15, 0.2) is 91.4 Å². The number of nitrogens with zero attached hydrogens (tertiary/aromatic N) is 18. The minimum absolute atomic E-state index is 0.177. The molecule has 0 aliphatic carbocycles. The van der Waals surface area contributed by atoms with Gasteiger partial charge in [0.25, 0.3) is 0 Å². The average molecular weight is 1260 g/mol. The molecule has 3 aliphatic rings. The summed E-state index contributed by atoms with van der Waals surface area (Å²) >= 11 is 0. The lowest BCUT2D eigenvalue weighted by atomic mass is 9.92. The van der Waals surface area contributed by atoms with Crippen molar-refractivity contribution in [1.82, 2.24) is 89.1 Å². The van der Waals surface area contributed by atoms with Gasteiger partial charge in [-0.05, 0) is 221 Å². The van der Waals surface area contributed by atoms with Crippen LogP contribution in [0.4, 0.5) is 13.2 Å². The Morgan fingerprint density at radius 2 is 0.742 bits per heavy atom. The summed E-state index contributed by atoms with van der Waals surface area (Å²) in [5, 5.41) is 51.2. The van der Waals surface area contributed by atoms with Crippen molar-refractivity contribution < 1.29 is 18.3 Å². The van der Waals surface area contributed by atoms with Crippen LogP contribution in [-0.2, 0) is 19.3 Å². The highest BCUT2D eigenvalue weighted by molar-refractivity contribution is 5.87. The van der Waals surface area contributed by atoms with Gasteiger partial charge >= 0.3 is 0 Å². The number of hydrogen-bond donors (Lipinski definition) is 1. The summed E-state index contributed by atoms with van der Waals surface area (Å²) in [5.41, 5.74) is 17.0. The van der Waals surface area contributed by atoms with Crippen molar-refractivity contribution in [2.45, 2.75) is 124 Å². The molecule has 480 valence electrons. The number of β-amino-alcohol motifs (C(OH)–C–C–N with tert-alkyl or cyclic N) is 1. The fourth-order valence-corrected chi connectivity index (χ4v) is 13.5. The molecule has 3 aromatic carbocycles. The van der Waals surface area contributed by atoms with E-state index >= 15 is 13.2 Å². The van der Waals surface area contributed by atoms with Crippen LogP contribution in [0.3, 0.4) is 0 Å². The monoisotopic (exact) mass is 1260 g/mol. The van der Waals surface area contributed by atoms with Crippen molar-refractivity contribution in [3.63, 3.8) is 0 Å². The fourth-order valence-electron chi connectivity index (χ4n) is 13.5. The predicted molar refractivity (Wildman–Crippen MR) is 356 cm³/mol. The predicted octanol–water partition coefficient (Wildman–Crippen LogP) is 12.2. The number of piperidine rings is 3. The summed E-state index contributed by atoms with van der Waals surface area (Å²) in [5.74, 6) is 0.0803. The largest absolute Gasteiger partial charge is 0.395 e. The Morgan fingerprint density at radius 1 is 0.419 bits per heavy atom. The summed E-state index contributed by atoms with van der Waals surface area (Å²) in [4.78, 5) is 20.6. The second-order valence-electron chi connectivity index (χ2n) is 25.3. The van der Waals surface area contributed by atoms with Gasteiger partial charge in [0.05, 0.1) is 93.0 Å². The number of rotatable bonds is 12. The van der Waals surface area contributed by atoms with Crippen LogP contribution in [0.5, 0.6) is 0 Å². The van der Waals surface area contributed by atoms with E-state index in [9.17, 15) is 0 Å². The van der Waals surface area contributed by atoms with Crippen molar-refractivity contribution in [1.29, 1.82) is 0 Å². The number of aliphatic hydroxyl groups is 1. The smallest absolute Gasteiger partial charge is 0.156 e. The molecule has 12 aromatic rings. The maximum absolute atomic E-state index is 15.2. The van der Waals surface area contributed by atoms with Gasteiger partial charge < -0.3 is 19.8 Å². The molecule has 0 atom stereocenters. The van der Waals surface area contributed by atoms with Gasteiger partial charge in [-0.15, -0.1) is 0 Å². The Kier molecular flexibility index (Phi) is 18.3. The lowest BCUT2D eigenvalue weighted by Gasteiger charge is -2.30. The second-order valence-corrected chi connectivity index (χ2v) is 25.3. The lowest BCUT2D eigenvalue weighted by molar-refractivity contribution is 0.163. The first-order valence-electron chi connectivity index (χ1n) is 32.9. The number of fused-ring (bicyclic) bond motifs is 6. The molecule has 0 saturated carbocycles. The molecule has 0 spiro atoms. The first-order valence-corrected chi connectivity index (χ1v) is 32.9. The van der Waals surface area contributed by atoms with Gasteiger partial charge in [-0.3, -0.25) is 0 Å². The quantitative estimate of drug-likeness (QED) is 0.121. The molecular formula is C71H79F3N18O. The maximum Gasteiger partial charge on any atom is 0.156 e.